The summed E-state index contributed by atoms with van der Waals surface area (Å²) in [6.07, 6.45) is 0.500. The number of carbonyl (C=O) groups is 2. The van der Waals surface area contributed by atoms with Crippen LogP contribution in [0.1, 0.15) is 17.0 Å². The Kier molecular flexibility index (Phi) is 5.98. The zero-order valence-corrected chi connectivity index (χ0v) is 19.6. The van der Waals surface area contributed by atoms with Crippen molar-refractivity contribution in [2.75, 3.05) is 0 Å². The highest BCUT2D eigenvalue weighted by atomic mass is 32.2. The van der Waals surface area contributed by atoms with Gasteiger partial charge in [-0.05, 0) is 60.9 Å². The van der Waals surface area contributed by atoms with Crippen LogP contribution in [0.2, 0.25) is 0 Å². The number of ether oxygens (including phenoxy) is 2. The molecule has 7 nitrogen and oxygen atoms in total. The van der Waals surface area contributed by atoms with Crippen molar-refractivity contribution in [3.05, 3.63) is 83.7 Å². The van der Waals surface area contributed by atoms with Gasteiger partial charge in [-0.1, -0.05) is 36.0 Å². The minimum Gasteiger partial charge on any atom is -0.486 e. The number of carbonyl (C=O) groups excluding carboxylic acids is 2. The van der Waals surface area contributed by atoms with E-state index in [4.69, 9.17) is 14.5 Å². The van der Waals surface area contributed by atoms with Gasteiger partial charge in [0.05, 0.1) is 16.3 Å². The van der Waals surface area contributed by atoms with E-state index < -0.39 is 0 Å². The Morgan fingerprint density at radius 3 is 2.50 bits per heavy atom. The van der Waals surface area contributed by atoms with Crippen LogP contribution in [0.5, 0.6) is 17.2 Å². The number of thioether (sulfide) groups is 1. The Morgan fingerprint density at radius 2 is 1.76 bits per heavy atom. The number of amides is 2. The van der Waals surface area contributed by atoms with E-state index in [0.717, 1.165) is 51.2 Å². The summed E-state index contributed by atoms with van der Waals surface area (Å²) in [7, 11) is 1.96. The molecule has 1 aliphatic heterocycles. The molecule has 1 saturated heterocycles. The molecule has 1 aliphatic rings. The molecule has 34 heavy (non-hydrogen) atoms. The van der Waals surface area contributed by atoms with Crippen LogP contribution in [0.25, 0.3) is 11.0 Å². The van der Waals surface area contributed by atoms with Crippen molar-refractivity contribution in [2.45, 2.75) is 25.2 Å². The molecule has 1 N–H and O–H groups in total. The Bertz CT molecular complexity index is 1380. The molecule has 0 radical (unpaired) electrons. The third-order valence-corrected chi connectivity index (χ3v) is 6.63. The van der Waals surface area contributed by atoms with Crippen molar-refractivity contribution in [1.29, 1.82) is 0 Å². The first-order chi connectivity index (χ1) is 16.4. The lowest BCUT2D eigenvalue weighted by molar-refractivity contribution is -0.118. The second kappa shape index (κ2) is 9.23. The van der Waals surface area contributed by atoms with E-state index in [0.29, 0.717) is 18.8 Å². The number of nitrogens with one attached hydrogen (secondary N) is 1. The molecule has 5 rings (SSSR count). The van der Waals surface area contributed by atoms with Gasteiger partial charge in [-0.3, -0.25) is 14.9 Å². The average Bonchev–Trinajstić information content (AvgIpc) is 3.30. The van der Waals surface area contributed by atoms with Gasteiger partial charge in [-0.15, -0.1) is 0 Å². The molecule has 0 spiro atoms. The van der Waals surface area contributed by atoms with Crippen LogP contribution >= 0.6 is 11.8 Å². The molecular formula is C26H23N3O4S. The highest BCUT2D eigenvalue weighted by Gasteiger charge is 2.31. The highest BCUT2D eigenvalue weighted by molar-refractivity contribution is 8.15. The van der Waals surface area contributed by atoms with E-state index in [1.807, 2.05) is 85.3 Å². The summed E-state index contributed by atoms with van der Waals surface area (Å²) in [5.74, 6) is 2.82. The summed E-state index contributed by atoms with van der Waals surface area (Å²) in [5, 5.41) is 1.65. The number of imide groups is 1. The van der Waals surface area contributed by atoms with E-state index in [1.165, 1.54) is 0 Å². The Labute approximate surface area is 201 Å². The van der Waals surface area contributed by atoms with Gasteiger partial charge in [0, 0.05) is 13.1 Å². The fourth-order valence-electron chi connectivity index (χ4n) is 3.84. The second-order valence-corrected chi connectivity index (χ2v) is 9.35. The maximum absolute atomic E-state index is 11.8. The molecule has 8 heteroatoms. The van der Waals surface area contributed by atoms with Crippen LogP contribution < -0.4 is 14.8 Å². The van der Waals surface area contributed by atoms with Crippen LogP contribution in [0, 0.1) is 6.92 Å². The molecule has 1 fully saturated rings. The lowest BCUT2D eigenvalue weighted by atomic mass is 10.1. The van der Waals surface area contributed by atoms with Crippen molar-refractivity contribution in [3.8, 4) is 17.2 Å². The normalized spacial score (nSPS) is 15.5. The molecule has 2 amide bonds. The fourth-order valence-corrected chi connectivity index (χ4v) is 4.70. The van der Waals surface area contributed by atoms with Gasteiger partial charge in [-0.25, -0.2) is 4.98 Å². The highest BCUT2D eigenvalue weighted by Crippen LogP contribution is 2.27. The topological polar surface area (TPSA) is 82.5 Å². The first-order valence-corrected chi connectivity index (χ1v) is 11.8. The van der Waals surface area contributed by atoms with Crippen LogP contribution in [0.15, 0.2) is 66.7 Å². The maximum atomic E-state index is 11.8. The minimum absolute atomic E-state index is 0.232. The SMILES string of the molecule is Cc1cccc(Oc2ccc3nc(COc4ccc(CC5SC(=O)NC5=O)cc4)n(C)c3c2)c1. The van der Waals surface area contributed by atoms with Crippen molar-refractivity contribution in [1.82, 2.24) is 14.9 Å². The third kappa shape index (κ3) is 4.77. The van der Waals surface area contributed by atoms with Crippen LogP contribution in [0.4, 0.5) is 4.79 Å². The van der Waals surface area contributed by atoms with Crippen LogP contribution in [-0.4, -0.2) is 25.9 Å². The fraction of sp³-hybridized carbons (Fsp3) is 0.192. The summed E-state index contributed by atoms with van der Waals surface area (Å²) in [4.78, 5) is 27.8. The molecule has 1 atom stereocenters. The first kappa shape index (κ1) is 22.0. The van der Waals surface area contributed by atoms with Crippen molar-refractivity contribution in [3.63, 3.8) is 0 Å². The lowest BCUT2D eigenvalue weighted by Gasteiger charge is -2.09. The standard InChI is InChI=1S/C26H23N3O4S/c1-16-4-3-5-19(12-16)33-20-10-11-21-22(14-20)29(2)24(27-21)15-32-18-8-6-17(7-9-18)13-23-25(30)28-26(31)34-23/h3-12,14,23H,13,15H2,1-2H3,(H,28,30,31). The number of hydrogen-bond acceptors (Lipinski definition) is 6. The number of aromatic nitrogens is 2. The van der Waals surface area contributed by atoms with E-state index >= 15 is 0 Å². The number of aryl methyl sites for hydroxylation is 2. The molecule has 1 unspecified atom stereocenters. The molecular weight excluding hydrogens is 450 g/mol. The largest absolute Gasteiger partial charge is 0.486 e. The van der Waals surface area contributed by atoms with Crippen molar-refractivity contribution in [2.24, 2.45) is 7.05 Å². The van der Waals surface area contributed by atoms with Crippen LogP contribution in [-0.2, 0) is 24.9 Å². The quantitative estimate of drug-likeness (QED) is 0.400. The second-order valence-electron chi connectivity index (χ2n) is 8.18. The maximum Gasteiger partial charge on any atom is 0.286 e. The molecule has 2 heterocycles. The average molecular weight is 474 g/mol. The third-order valence-electron chi connectivity index (χ3n) is 5.65. The van der Waals surface area contributed by atoms with E-state index in [9.17, 15) is 9.59 Å². The molecule has 0 bridgehead atoms. The van der Waals surface area contributed by atoms with Gasteiger partial charge >= 0.3 is 0 Å². The summed E-state index contributed by atoms with van der Waals surface area (Å²) >= 11 is 1.03. The van der Waals surface area contributed by atoms with Gasteiger partial charge in [-0.2, -0.15) is 0 Å². The summed E-state index contributed by atoms with van der Waals surface area (Å²) in [6, 6.07) is 21.3. The lowest BCUT2D eigenvalue weighted by Crippen LogP contribution is -2.25. The van der Waals surface area contributed by atoms with Gasteiger partial charge in [0.15, 0.2) is 0 Å². The zero-order valence-electron chi connectivity index (χ0n) is 18.8. The molecule has 0 aliphatic carbocycles. The number of benzene rings is 3. The van der Waals surface area contributed by atoms with Gasteiger partial charge < -0.3 is 14.0 Å². The predicted molar refractivity (Wildman–Crippen MR) is 131 cm³/mol. The predicted octanol–water partition coefficient (Wildman–Crippen LogP) is 5.15. The Balaban J connectivity index is 1.24. The number of imidazole rings is 1. The molecule has 172 valence electrons. The summed E-state index contributed by atoms with van der Waals surface area (Å²) < 4.78 is 14.0. The van der Waals surface area contributed by atoms with Crippen molar-refractivity contribution >= 4 is 33.9 Å². The van der Waals surface area contributed by atoms with Gasteiger partial charge in [0.1, 0.15) is 29.7 Å². The first-order valence-electron chi connectivity index (χ1n) is 10.9. The minimum atomic E-state index is -0.376. The number of hydrogen-bond donors (Lipinski definition) is 1. The summed E-state index contributed by atoms with van der Waals surface area (Å²) in [5.41, 5.74) is 3.94. The van der Waals surface area contributed by atoms with Crippen molar-refractivity contribution < 1.29 is 19.1 Å². The zero-order chi connectivity index (χ0) is 23.7. The molecule has 3 aromatic carbocycles. The molecule has 4 aromatic rings. The van der Waals surface area contributed by atoms with E-state index in [2.05, 4.69) is 5.32 Å². The van der Waals surface area contributed by atoms with E-state index in [-0.39, 0.29) is 16.4 Å². The number of fused-ring (bicyclic) bond motifs is 1. The van der Waals surface area contributed by atoms with Gasteiger partial charge in [0.2, 0.25) is 5.91 Å². The molecule has 0 saturated carbocycles. The molecule has 1 aromatic heterocycles. The number of rotatable bonds is 7. The van der Waals surface area contributed by atoms with Gasteiger partial charge in [0.25, 0.3) is 5.24 Å². The number of nitrogens with zero attached hydrogens (tertiary/aromatic N) is 2. The van der Waals surface area contributed by atoms with E-state index in [1.54, 1.807) is 0 Å². The Hall–Kier alpha value is -3.78. The Morgan fingerprint density at radius 1 is 1.00 bits per heavy atom. The summed E-state index contributed by atoms with van der Waals surface area (Å²) in [6.45, 7) is 2.35. The smallest absolute Gasteiger partial charge is 0.286 e. The van der Waals surface area contributed by atoms with Crippen LogP contribution in [0.3, 0.4) is 0 Å². The monoisotopic (exact) mass is 473 g/mol.